The number of benzene rings is 1. The second-order valence-electron chi connectivity index (χ2n) is 6.49. The van der Waals surface area contributed by atoms with E-state index < -0.39 is 5.63 Å². The van der Waals surface area contributed by atoms with Crippen LogP contribution < -0.4 is 5.63 Å². The summed E-state index contributed by atoms with van der Waals surface area (Å²) < 4.78 is 10.7. The van der Waals surface area contributed by atoms with Crippen molar-refractivity contribution in [1.82, 2.24) is 0 Å². The van der Waals surface area contributed by atoms with Gasteiger partial charge in [-0.05, 0) is 54.9 Å². The molecule has 4 heteroatoms. The van der Waals surface area contributed by atoms with Crippen molar-refractivity contribution < 1.29 is 13.9 Å². The summed E-state index contributed by atoms with van der Waals surface area (Å²) in [6, 6.07) is 5.49. The van der Waals surface area contributed by atoms with Crippen molar-refractivity contribution >= 4 is 16.9 Å². The molecule has 1 aromatic heterocycles. The maximum Gasteiger partial charge on any atom is 0.336 e. The molecule has 0 bridgehead atoms. The zero-order chi connectivity index (χ0) is 15.3. The lowest BCUT2D eigenvalue weighted by atomic mass is 10.0. The molecule has 4 rings (SSSR count). The Balaban J connectivity index is 1.67. The molecule has 0 N–H and O–H groups in total. The summed E-state index contributed by atoms with van der Waals surface area (Å²) in [5.74, 6) is 0.305. The monoisotopic (exact) mass is 298 g/mol. The van der Waals surface area contributed by atoms with Crippen LogP contribution in [-0.2, 0) is 29.0 Å². The van der Waals surface area contributed by atoms with E-state index in [1.165, 1.54) is 17.2 Å². The fourth-order valence-electron chi connectivity index (χ4n) is 3.32. The van der Waals surface area contributed by atoms with Crippen molar-refractivity contribution in [3.05, 3.63) is 45.3 Å². The molecule has 2 aliphatic rings. The Bertz CT molecular complexity index is 818. The molecule has 1 heterocycles. The number of carbonyl (C=O) groups is 1. The van der Waals surface area contributed by atoms with Crippen LogP contribution in [0, 0.1) is 11.8 Å². The average Bonchev–Trinajstić information content (AvgIpc) is 3.05. The minimum absolute atomic E-state index is 0.0376. The standard InChI is InChI=1S/C18H18O4/c1-10-5-14(10)18(20)21-9-13-8-17(19)22-16-7-12-4-2-3-11(12)6-15(13)16/h6-8,10,14H,2-5,9H2,1H3/t10-,14-/m0/s1. The Morgan fingerprint density at radius 2 is 2.00 bits per heavy atom. The molecule has 0 saturated heterocycles. The van der Waals surface area contributed by atoms with Gasteiger partial charge in [0.1, 0.15) is 12.2 Å². The highest BCUT2D eigenvalue weighted by Crippen LogP contribution is 2.39. The van der Waals surface area contributed by atoms with Crippen molar-refractivity contribution in [2.45, 2.75) is 39.2 Å². The summed E-state index contributed by atoms with van der Waals surface area (Å²) in [5, 5.41) is 0.886. The molecule has 0 unspecified atom stereocenters. The summed E-state index contributed by atoms with van der Waals surface area (Å²) in [6.45, 7) is 2.19. The van der Waals surface area contributed by atoms with Crippen LogP contribution in [0.2, 0.25) is 0 Å². The van der Waals surface area contributed by atoms with Crippen molar-refractivity contribution in [1.29, 1.82) is 0 Å². The van der Waals surface area contributed by atoms with Crippen LogP contribution in [0.4, 0.5) is 0 Å². The molecule has 1 aromatic carbocycles. The smallest absolute Gasteiger partial charge is 0.336 e. The molecule has 114 valence electrons. The van der Waals surface area contributed by atoms with Gasteiger partial charge in [-0.1, -0.05) is 6.92 Å². The van der Waals surface area contributed by atoms with Gasteiger partial charge in [0.25, 0.3) is 0 Å². The first kappa shape index (κ1) is 13.6. The molecule has 2 atom stereocenters. The van der Waals surface area contributed by atoms with E-state index in [2.05, 4.69) is 6.07 Å². The van der Waals surface area contributed by atoms with E-state index >= 15 is 0 Å². The number of fused-ring (bicyclic) bond motifs is 2. The third-order valence-electron chi connectivity index (χ3n) is 4.82. The number of esters is 1. The highest BCUT2D eigenvalue weighted by Gasteiger charge is 2.40. The fourth-order valence-corrected chi connectivity index (χ4v) is 3.32. The molecule has 2 aliphatic carbocycles. The Morgan fingerprint density at radius 1 is 1.27 bits per heavy atom. The zero-order valence-corrected chi connectivity index (χ0v) is 12.6. The van der Waals surface area contributed by atoms with E-state index in [9.17, 15) is 9.59 Å². The molecule has 2 aromatic rings. The summed E-state index contributed by atoms with van der Waals surface area (Å²) in [6.07, 6.45) is 4.14. The van der Waals surface area contributed by atoms with Crippen LogP contribution in [-0.4, -0.2) is 5.97 Å². The Hall–Kier alpha value is -2.10. The van der Waals surface area contributed by atoms with Gasteiger partial charge in [0, 0.05) is 17.0 Å². The number of carbonyl (C=O) groups excluding carboxylic acids is 1. The summed E-state index contributed by atoms with van der Waals surface area (Å²) >= 11 is 0. The minimum Gasteiger partial charge on any atom is -0.461 e. The summed E-state index contributed by atoms with van der Waals surface area (Å²) in [5.41, 5.74) is 3.51. The van der Waals surface area contributed by atoms with Gasteiger partial charge in [0.15, 0.2) is 0 Å². The number of rotatable bonds is 3. The predicted molar refractivity (Wildman–Crippen MR) is 81.6 cm³/mol. The highest BCUT2D eigenvalue weighted by molar-refractivity contribution is 5.82. The van der Waals surface area contributed by atoms with E-state index in [0.29, 0.717) is 11.5 Å². The summed E-state index contributed by atoms with van der Waals surface area (Å²) in [7, 11) is 0. The van der Waals surface area contributed by atoms with Crippen LogP contribution >= 0.6 is 0 Å². The van der Waals surface area contributed by atoms with E-state index in [1.54, 1.807) is 0 Å². The molecular weight excluding hydrogens is 280 g/mol. The van der Waals surface area contributed by atoms with Gasteiger partial charge in [0.05, 0.1) is 5.92 Å². The Morgan fingerprint density at radius 3 is 2.73 bits per heavy atom. The van der Waals surface area contributed by atoms with Crippen LogP contribution in [0.15, 0.2) is 27.4 Å². The number of hydrogen-bond donors (Lipinski definition) is 0. The largest absolute Gasteiger partial charge is 0.461 e. The van der Waals surface area contributed by atoms with E-state index in [0.717, 1.165) is 36.6 Å². The Labute approximate surface area is 128 Å². The van der Waals surface area contributed by atoms with Gasteiger partial charge in [-0.2, -0.15) is 0 Å². The number of hydrogen-bond acceptors (Lipinski definition) is 4. The fraction of sp³-hybridized carbons (Fsp3) is 0.444. The van der Waals surface area contributed by atoms with Gasteiger partial charge in [0.2, 0.25) is 0 Å². The molecule has 1 saturated carbocycles. The van der Waals surface area contributed by atoms with Crippen LogP contribution in [0.3, 0.4) is 0 Å². The van der Waals surface area contributed by atoms with E-state index in [4.69, 9.17) is 9.15 Å². The van der Waals surface area contributed by atoms with Crippen molar-refractivity contribution in [2.75, 3.05) is 0 Å². The third-order valence-corrected chi connectivity index (χ3v) is 4.82. The highest BCUT2D eigenvalue weighted by atomic mass is 16.5. The molecule has 0 amide bonds. The second kappa shape index (κ2) is 4.97. The number of aryl methyl sites for hydroxylation is 2. The normalized spacial score (nSPS) is 22.6. The molecule has 1 fully saturated rings. The quantitative estimate of drug-likeness (QED) is 0.645. The van der Waals surface area contributed by atoms with Crippen molar-refractivity contribution in [2.24, 2.45) is 11.8 Å². The molecule has 0 radical (unpaired) electrons. The molecule has 4 nitrogen and oxygen atoms in total. The first-order valence-electron chi connectivity index (χ1n) is 7.87. The van der Waals surface area contributed by atoms with Crippen LogP contribution in [0.1, 0.15) is 36.5 Å². The molecule has 22 heavy (non-hydrogen) atoms. The second-order valence-corrected chi connectivity index (χ2v) is 6.49. The van der Waals surface area contributed by atoms with E-state index in [1.807, 2.05) is 13.0 Å². The molecule has 0 spiro atoms. The van der Waals surface area contributed by atoms with Gasteiger partial charge >= 0.3 is 11.6 Å². The third kappa shape index (κ3) is 2.32. The average molecular weight is 298 g/mol. The lowest BCUT2D eigenvalue weighted by molar-refractivity contribution is -0.146. The number of ether oxygens (including phenoxy) is 1. The van der Waals surface area contributed by atoms with Crippen LogP contribution in [0.25, 0.3) is 11.0 Å². The van der Waals surface area contributed by atoms with Gasteiger partial charge in [-0.25, -0.2) is 4.79 Å². The van der Waals surface area contributed by atoms with Crippen LogP contribution in [0.5, 0.6) is 0 Å². The Kier molecular flexibility index (Phi) is 3.06. The van der Waals surface area contributed by atoms with Crippen molar-refractivity contribution in [3.8, 4) is 0 Å². The first-order chi connectivity index (χ1) is 10.6. The zero-order valence-electron chi connectivity index (χ0n) is 12.6. The minimum atomic E-state index is -0.392. The van der Waals surface area contributed by atoms with Gasteiger partial charge in [-0.3, -0.25) is 4.79 Å². The summed E-state index contributed by atoms with van der Waals surface area (Å²) in [4.78, 5) is 23.6. The van der Waals surface area contributed by atoms with E-state index in [-0.39, 0.29) is 18.5 Å². The lowest BCUT2D eigenvalue weighted by Crippen LogP contribution is -2.10. The first-order valence-corrected chi connectivity index (χ1v) is 7.87. The maximum atomic E-state index is 11.9. The lowest BCUT2D eigenvalue weighted by Gasteiger charge is -2.09. The molecule has 0 aliphatic heterocycles. The van der Waals surface area contributed by atoms with Gasteiger partial charge in [-0.15, -0.1) is 0 Å². The maximum absolute atomic E-state index is 11.9. The predicted octanol–water partition coefficient (Wildman–Crippen LogP) is 2.98. The van der Waals surface area contributed by atoms with Gasteiger partial charge < -0.3 is 9.15 Å². The topological polar surface area (TPSA) is 56.5 Å². The SMILES string of the molecule is C[C@H]1C[C@@H]1C(=O)OCc1cc(=O)oc2cc3c(cc12)CCC3. The molecular formula is C18H18O4. The van der Waals surface area contributed by atoms with Crippen molar-refractivity contribution in [3.63, 3.8) is 0 Å².